The molecule has 1 aromatic heterocycles. The summed E-state index contributed by atoms with van der Waals surface area (Å²) < 4.78 is 8.27. The first-order valence-corrected chi connectivity index (χ1v) is 13.8. The molecule has 4 aromatic carbocycles. The number of carbonyl (C=O) groups excluding carboxylic acids is 1. The smallest absolute Gasteiger partial charge is 0.266 e. The van der Waals surface area contributed by atoms with Gasteiger partial charge in [0.25, 0.3) is 11.5 Å². The summed E-state index contributed by atoms with van der Waals surface area (Å²) in [6.45, 7) is 0.462. The van der Waals surface area contributed by atoms with Crippen LogP contribution in [0.1, 0.15) is 11.1 Å². The molecule has 0 saturated carbocycles. The molecule has 0 aliphatic heterocycles. The summed E-state index contributed by atoms with van der Waals surface area (Å²) in [4.78, 5) is 30.6. The first-order valence-electron chi connectivity index (χ1n) is 12.1. The quantitative estimate of drug-likeness (QED) is 0.0977. The Bertz CT molecular complexity index is 1690. The van der Waals surface area contributed by atoms with Gasteiger partial charge in [-0.15, -0.1) is 0 Å². The van der Waals surface area contributed by atoms with Crippen molar-refractivity contribution < 1.29 is 9.53 Å². The molecule has 0 spiro atoms. The second-order valence-corrected chi connectivity index (χ2v) is 10.3. The molecule has 0 aliphatic carbocycles. The number of hydrogen-bond donors (Lipinski definition) is 1. The molecule has 0 bridgehead atoms. The van der Waals surface area contributed by atoms with E-state index in [1.807, 2.05) is 84.9 Å². The number of carbonyl (C=O) groups is 1. The van der Waals surface area contributed by atoms with E-state index in [-0.39, 0.29) is 17.2 Å². The Morgan fingerprint density at radius 1 is 0.974 bits per heavy atom. The van der Waals surface area contributed by atoms with Crippen molar-refractivity contribution in [3.8, 4) is 11.4 Å². The lowest BCUT2D eigenvalue weighted by Gasteiger charge is -2.13. The van der Waals surface area contributed by atoms with E-state index in [0.29, 0.717) is 34.1 Å². The van der Waals surface area contributed by atoms with Gasteiger partial charge in [0.15, 0.2) is 5.16 Å². The van der Waals surface area contributed by atoms with Crippen LogP contribution in [0, 0.1) is 0 Å². The van der Waals surface area contributed by atoms with Gasteiger partial charge >= 0.3 is 0 Å². The summed E-state index contributed by atoms with van der Waals surface area (Å²) in [5.74, 6) is 0.411. The third-order valence-corrected chi connectivity index (χ3v) is 7.14. The van der Waals surface area contributed by atoms with E-state index in [9.17, 15) is 9.59 Å². The highest BCUT2D eigenvalue weighted by molar-refractivity contribution is 9.10. The topological polar surface area (TPSA) is 85.6 Å². The Labute approximate surface area is 237 Å². The first-order chi connectivity index (χ1) is 19.1. The molecule has 1 amide bonds. The van der Waals surface area contributed by atoms with Crippen LogP contribution in [0.4, 0.5) is 0 Å². The summed E-state index contributed by atoms with van der Waals surface area (Å²) >= 11 is 4.60. The molecule has 0 radical (unpaired) electrons. The minimum absolute atomic E-state index is 0.0267. The van der Waals surface area contributed by atoms with Crippen LogP contribution in [-0.4, -0.2) is 27.4 Å². The molecule has 5 rings (SSSR count). The average molecular weight is 600 g/mol. The van der Waals surface area contributed by atoms with E-state index in [1.54, 1.807) is 24.4 Å². The Hall–Kier alpha value is -4.21. The number of para-hydroxylation sites is 1. The second-order valence-electron chi connectivity index (χ2n) is 8.46. The summed E-state index contributed by atoms with van der Waals surface area (Å²) in [6.07, 6.45) is 1.56. The van der Waals surface area contributed by atoms with Gasteiger partial charge in [-0.2, -0.15) is 5.10 Å². The molecule has 0 aliphatic rings. The number of ether oxygens (including phenoxy) is 1. The predicted molar refractivity (Wildman–Crippen MR) is 159 cm³/mol. The van der Waals surface area contributed by atoms with Crippen molar-refractivity contribution >= 4 is 50.7 Å². The SMILES string of the molecule is O=C(CSc1nc2ccccc2c(=O)n1-c1ccc(Br)cc1)N/N=C/c1cccc(OCc2ccccc2)c1. The maximum absolute atomic E-state index is 13.3. The van der Waals surface area contributed by atoms with Crippen molar-refractivity contribution in [2.75, 3.05) is 5.75 Å². The number of fused-ring (bicyclic) bond motifs is 1. The Kier molecular flexibility index (Phi) is 8.50. The number of rotatable bonds is 9. The number of halogens is 1. The Balaban J connectivity index is 1.25. The van der Waals surface area contributed by atoms with Gasteiger partial charge in [-0.25, -0.2) is 10.4 Å². The zero-order valence-electron chi connectivity index (χ0n) is 20.7. The summed E-state index contributed by atoms with van der Waals surface area (Å²) in [5, 5.41) is 5.01. The summed E-state index contributed by atoms with van der Waals surface area (Å²) in [6, 6.07) is 31.9. The molecule has 0 saturated heterocycles. The molecule has 9 heteroatoms. The average Bonchev–Trinajstić information content (AvgIpc) is 2.97. The zero-order valence-corrected chi connectivity index (χ0v) is 23.1. The Morgan fingerprint density at radius 3 is 2.56 bits per heavy atom. The number of nitrogens with one attached hydrogen (secondary N) is 1. The fraction of sp³-hybridized carbons (Fsp3) is 0.0667. The van der Waals surface area contributed by atoms with Crippen LogP contribution in [0.25, 0.3) is 16.6 Å². The van der Waals surface area contributed by atoms with Crippen molar-refractivity contribution in [2.45, 2.75) is 11.8 Å². The fourth-order valence-electron chi connectivity index (χ4n) is 3.79. The molecule has 194 valence electrons. The van der Waals surface area contributed by atoms with Crippen LogP contribution in [0.3, 0.4) is 0 Å². The molecule has 1 N–H and O–H groups in total. The van der Waals surface area contributed by atoms with Gasteiger partial charge in [0, 0.05) is 4.47 Å². The van der Waals surface area contributed by atoms with Crippen LogP contribution >= 0.6 is 27.7 Å². The molecular weight excluding hydrogens is 576 g/mol. The lowest BCUT2D eigenvalue weighted by atomic mass is 10.2. The number of amides is 1. The van der Waals surface area contributed by atoms with Gasteiger partial charge in [-0.1, -0.05) is 82.3 Å². The van der Waals surface area contributed by atoms with E-state index in [2.05, 4.69) is 31.4 Å². The molecule has 0 unspecified atom stereocenters. The van der Waals surface area contributed by atoms with Gasteiger partial charge in [-0.05, 0) is 59.7 Å². The number of hydrogen-bond acceptors (Lipinski definition) is 6. The molecular formula is C30H23BrN4O3S. The van der Waals surface area contributed by atoms with E-state index >= 15 is 0 Å². The van der Waals surface area contributed by atoms with Crippen molar-refractivity contribution in [1.82, 2.24) is 15.0 Å². The van der Waals surface area contributed by atoms with Crippen molar-refractivity contribution in [3.63, 3.8) is 0 Å². The lowest BCUT2D eigenvalue weighted by Crippen LogP contribution is -2.24. The predicted octanol–water partition coefficient (Wildman–Crippen LogP) is 5.97. The summed E-state index contributed by atoms with van der Waals surface area (Å²) in [5.41, 5.74) is 5.45. The molecule has 5 aromatic rings. The maximum atomic E-state index is 13.3. The third-order valence-electron chi connectivity index (χ3n) is 5.67. The fourth-order valence-corrected chi connectivity index (χ4v) is 4.86. The molecule has 7 nitrogen and oxygen atoms in total. The number of benzene rings is 4. The first kappa shape index (κ1) is 26.4. The van der Waals surface area contributed by atoms with E-state index in [1.165, 1.54) is 16.3 Å². The highest BCUT2D eigenvalue weighted by atomic mass is 79.9. The van der Waals surface area contributed by atoms with Crippen LogP contribution in [0.2, 0.25) is 0 Å². The number of hydrazone groups is 1. The minimum atomic E-state index is -0.322. The number of thioether (sulfide) groups is 1. The zero-order chi connectivity index (χ0) is 27.0. The van der Waals surface area contributed by atoms with E-state index in [0.717, 1.165) is 15.6 Å². The van der Waals surface area contributed by atoms with Crippen LogP contribution in [-0.2, 0) is 11.4 Å². The van der Waals surface area contributed by atoms with Gasteiger partial charge in [0.05, 0.1) is 28.6 Å². The molecule has 1 heterocycles. The van der Waals surface area contributed by atoms with Crippen LogP contribution in [0.5, 0.6) is 5.75 Å². The maximum Gasteiger partial charge on any atom is 0.266 e. The van der Waals surface area contributed by atoms with E-state index in [4.69, 9.17) is 4.74 Å². The van der Waals surface area contributed by atoms with Crippen LogP contribution in [0.15, 0.2) is 123 Å². The lowest BCUT2D eigenvalue weighted by molar-refractivity contribution is -0.118. The van der Waals surface area contributed by atoms with Gasteiger partial charge in [0.1, 0.15) is 12.4 Å². The Morgan fingerprint density at radius 2 is 1.74 bits per heavy atom. The third kappa shape index (κ3) is 6.81. The monoisotopic (exact) mass is 598 g/mol. The standard InChI is InChI=1S/C30H23BrN4O3S/c31-23-13-15-24(16-14-23)35-29(37)26-11-4-5-12-27(26)33-30(35)39-20-28(36)34-32-18-22-9-6-10-25(17-22)38-19-21-7-2-1-3-8-21/h1-18H,19-20H2,(H,34,36)/b32-18+. The highest BCUT2D eigenvalue weighted by Crippen LogP contribution is 2.22. The largest absolute Gasteiger partial charge is 0.489 e. The molecule has 0 atom stereocenters. The van der Waals surface area contributed by atoms with Crippen molar-refractivity contribution in [2.24, 2.45) is 5.10 Å². The number of nitrogens with zero attached hydrogens (tertiary/aromatic N) is 3. The van der Waals surface area contributed by atoms with Gasteiger partial charge in [-0.3, -0.25) is 14.2 Å². The van der Waals surface area contributed by atoms with E-state index < -0.39 is 0 Å². The second kappa shape index (κ2) is 12.6. The summed E-state index contributed by atoms with van der Waals surface area (Å²) in [7, 11) is 0. The van der Waals surface area contributed by atoms with Gasteiger partial charge in [0.2, 0.25) is 0 Å². The van der Waals surface area contributed by atoms with Crippen molar-refractivity contribution in [3.05, 3.63) is 129 Å². The van der Waals surface area contributed by atoms with Crippen molar-refractivity contribution in [1.29, 1.82) is 0 Å². The highest BCUT2D eigenvalue weighted by Gasteiger charge is 2.14. The minimum Gasteiger partial charge on any atom is -0.489 e. The van der Waals surface area contributed by atoms with Crippen LogP contribution < -0.4 is 15.7 Å². The van der Waals surface area contributed by atoms with Gasteiger partial charge < -0.3 is 4.74 Å². The number of aromatic nitrogens is 2. The molecule has 39 heavy (non-hydrogen) atoms. The molecule has 0 fully saturated rings. The normalized spacial score (nSPS) is 11.1.